The van der Waals surface area contributed by atoms with Crippen LogP contribution in [0.1, 0.15) is 44.1 Å². The molecule has 0 saturated heterocycles. The second-order valence-corrected chi connectivity index (χ2v) is 4.74. The zero-order chi connectivity index (χ0) is 14.8. The summed E-state index contributed by atoms with van der Waals surface area (Å²) in [4.78, 5) is 10.3. The highest BCUT2D eigenvalue weighted by molar-refractivity contribution is 5.66. The van der Waals surface area contributed by atoms with Gasteiger partial charge in [0.15, 0.2) is 0 Å². The van der Waals surface area contributed by atoms with E-state index in [2.05, 4.69) is 0 Å². The first kappa shape index (κ1) is 16.3. The Balaban J connectivity index is 2.09. The fourth-order valence-electron chi connectivity index (χ4n) is 1.92. The summed E-state index contributed by atoms with van der Waals surface area (Å²) in [6, 6.07) is 3.70. The Labute approximate surface area is 118 Å². The molecule has 1 rings (SSSR count). The molecule has 0 spiro atoms. The van der Waals surface area contributed by atoms with E-state index in [4.69, 9.17) is 5.11 Å². The summed E-state index contributed by atoms with van der Waals surface area (Å²) < 4.78 is 26.0. The molecule has 0 aliphatic carbocycles. The average molecular weight is 282 g/mol. The molecule has 1 N–H and O–H groups in total. The molecule has 0 atom stereocenters. The van der Waals surface area contributed by atoms with E-state index in [1.165, 1.54) is 12.1 Å². The van der Waals surface area contributed by atoms with Gasteiger partial charge in [-0.25, -0.2) is 8.78 Å². The van der Waals surface area contributed by atoms with Crippen molar-refractivity contribution < 1.29 is 18.7 Å². The molecule has 0 heterocycles. The Hall–Kier alpha value is -1.71. The predicted molar refractivity (Wildman–Crippen MR) is 74.5 cm³/mol. The van der Waals surface area contributed by atoms with Crippen molar-refractivity contribution in [3.8, 4) is 0 Å². The fraction of sp³-hybridized carbons (Fsp3) is 0.438. The lowest BCUT2D eigenvalue weighted by Gasteiger charge is -2.03. The second kappa shape index (κ2) is 9.23. The van der Waals surface area contributed by atoms with Crippen molar-refractivity contribution in [3.05, 3.63) is 47.5 Å². The van der Waals surface area contributed by atoms with Gasteiger partial charge in [-0.3, -0.25) is 4.79 Å². The molecule has 0 saturated carbocycles. The van der Waals surface area contributed by atoms with Crippen LogP contribution in [0.25, 0.3) is 0 Å². The van der Waals surface area contributed by atoms with Crippen LogP contribution in [0.3, 0.4) is 0 Å². The van der Waals surface area contributed by atoms with E-state index in [0.29, 0.717) is 18.4 Å². The number of halogens is 2. The molecule has 0 radical (unpaired) electrons. The van der Waals surface area contributed by atoms with Gasteiger partial charge in [-0.1, -0.05) is 24.6 Å². The molecule has 0 bridgehead atoms. The Bertz CT molecular complexity index is 456. The van der Waals surface area contributed by atoms with Gasteiger partial charge in [0.1, 0.15) is 11.6 Å². The number of benzene rings is 1. The molecule has 0 aromatic heterocycles. The number of unbranched alkanes of at least 4 members (excludes halogenated alkanes) is 3. The highest BCUT2D eigenvalue weighted by Gasteiger charge is 2.02. The number of carboxylic acids is 1. The number of rotatable bonds is 9. The Morgan fingerprint density at radius 3 is 2.55 bits per heavy atom. The van der Waals surface area contributed by atoms with E-state index in [-0.39, 0.29) is 6.42 Å². The van der Waals surface area contributed by atoms with E-state index in [0.717, 1.165) is 31.7 Å². The quantitative estimate of drug-likeness (QED) is 0.535. The van der Waals surface area contributed by atoms with Crippen LogP contribution in [0.4, 0.5) is 8.78 Å². The minimum absolute atomic E-state index is 0.167. The summed E-state index contributed by atoms with van der Waals surface area (Å²) in [5.74, 6) is -1.80. The first-order valence-electron chi connectivity index (χ1n) is 6.90. The van der Waals surface area contributed by atoms with Crippen molar-refractivity contribution in [1.29, 1.82) is 0 Å². The molecule has 110 valence electrons. The first-order chi connectivity index (χ1) is 9.59. The first-order valence-corrected chi connectivity index (χ1v) is 6.90. The molecule has 1 aromatic carbocycles. The van der Waals surface area contributed by atoms with Gasteiger partial charge in [-0.05, 0) is 43.7 Å². The van der Waals surface area contributed by atoms with Gasteiger partial charge in [0.05, 0.1) is 0 Å². The van der Waals surface area contributed by atoms with Crippen LogP contribution in [0.5, 0.6) is 0 Å². The van der Waals surface area contributed by atoms with Gasteiger partial charge in [-0.2, -0.15) is 0 Å². The number of hydrogen-bond acceptors (Lipinski definition) is 1. The van der Waals surface area contributed by atoms with Crippen molar-refractivity contribution in [2.45, 2.75) is 44.9 Å². The molecule has 0 fully saturated rings. The summed E-state index contributed by atoms with van der Waals surface area (Å²) >= 11 is 0. The maximum atomic E-state index is 13.3. The molecule has 20 heavy (non-hydrogen) atoms. The van der Waals surface area contributed by atoms with Gasteiger partial charge in [-0.15, -0.1) is 0 Å². The average Bonchev–Trinajstić information content (AvgIpc) is 2.38. The molecule has 2 nitrogen and oxygen atoms in total. The standard InChI is InChI=1S/C16H20F2O2/c17-14-11-10-13(15(18)12-14)8-6-4-2-1-3-5-7-9-16(19)20/h3,5,10-12H,1-2,4,6-9H2,(H,19,20). The summed E-state index contributed by atoms with van der Waals surface area (Å²) in [6.07, 6.45) is 8.96. The van der Waals surface area contributed by atoms with Gasteiger partial charge in [0.25, 0.3) is 0 Å². The van der Waals surface area contributed by atoms with Crippen LogP contribution in [0.2, 0.25) is 0 Å². The van der Waals surface area contributed by atoms with Crippen molar-refractivity contribution in [3.63, 3.8) is 0 Å². The maximum Gasteiger partial charge on any atom is 0.303 e. The SMILES string of the molecule is O=C(O)CCC=CCCCCCc1ccc(F)cc1F. The van der Waals surface area contributed by atoms with Crippen LogP contribution < -0.4 is 0 Å². The smallest absolute Gasteiger partial charge is 0.303 e. The highest BCUT2D eigenvalue weighted by Crippen LogP contribution is 2.13. The van der Waals surface area contributed by atoms with Gasteiger partial charge in [0, 0.05) is 12.5 Å². The van der Waals surface area contributed by atoms with E-state index in [1.807, 2.05) is 12.2 Å². The third kappa shape index (κ3) is 7.02. The summed E-state index contributed by atoms with van der Waals surface area (Å²) in [5, 5.41) is 8.45. The molecule has 0 amide bonds. The fourth-order valence-corrected chi connectivity index (χ4v) is 1.92. The lowest BCUT2D eigenvalue weighted by molar-refractivity contribution is -0.136. The van der Waals surface area contributed by atoms with Crippen LogP contribution in [0, 0.1) is 11.6 Å². The number of carbonyl (C=O) groups is 1. The van der Waals surface area contributed by atoms with Crippen molar-refractivity contribution in [2.24, 2.45) is 0 Å². The van der Waals surface area contributed by atoms with Crippen molar-refractivity contribution >= 4 is 5.97 Å². The molecular weight excluding hydrogens is 262 g/mol. The zero-order valence-electron chi connectivity index (χ0n) is 11.4. The molecular formula is C16H20F2O2. The Kier molecular flexibility index (Phi) is 7.55. The van der Waals surface area contributed by atoms with E-state index >= 15 is 0 Å². The van der Waals surface area contributed by atoms with Crippen molar-refractivity contribution in [2.75, 3.05) is 0 Å². The van der Waals surface area contributed by atoms with E-state index in [1.54, 1.807) is 0 Å². The van der Waals surface area contributed by atoms with Crippen LogP contribution in [-0.2, 0) is 11.2 Å². The Morgan fingerprint density at radius 1 is 1.10 bits per heavy atom. The lowest BCUT2D eigenvalue weighted by atomic mass is 10.1. The summed E-state index contributed by atoms with van der Waals surface area (Å²) in [6.45, 7) is 0. The third-order valence-electron chi connectivity index (χ3n) is 3.02. The lowest BCUT2D eigenvalue weighted by Crippen LogP contribution is -1.92. The zero-order valence-corrected chi connectivity index (χ0v) is 11.4. The number of allylic oxidation sites excluding steroid dienone is 2. The van der Waals surface area contributed by atoms with Gasteiger partial charge in [0.2, 0.25) is 0 Å². The summed E-state index contributed by atoms with van der Waals surface area (Å²) in [5.41, 5.74) is 0.559. The van der Waals surface area contributed by atoms with Gasteiger partial charge < -0.3 is 5.11 Å². The normalized spacial score (nSPS) is 11.1. The largest absolute Gasteiger partial charge is 0.481 e. The number of aryl methyl sites for hydroxylation is 1. The number of carboxylic acid groups (broad SMARTS) is 1. The second-order valence-electron chi connectivity index (χ2n) is 4.74. The monoisotopic (exact) mass is 282 g/mol. The third-order valence-corrected chi connectivity index (χ3v) is 3.02. The van der Waals surface area contributed by atoms with E-state index < -0.39 is 17.6 Å². The molecule has 0 aliphatic heterocycles. The molecule has 0 aliphatic rings. The molecule has 1 aromatic rings. The maximum absolute atomic E-state index is 13.3. The van der Waals surface area contributed by atoms with Crippen LogP contribution in [0.15, 0.2) is 30.4 Å². The van der Waals surface area contributed by atoms with Crippen LogP contribution in [-0.4, -0.2) is 11.1 Å². The van der Waals surface area contributed by atoms with Gasteiger partial charge >= 0.3 is 5.97 Å². The van der Waals surface area contributed by atoms with E-state index in [9.17, 15) is 13.6 Å². The summed E-state index contributed by atoms with van der Waals surface area (Å²) in [7, 11) is 0. The highest BCUT2D eigenvalue weighted by atomic mass is 19.1. The van der Waals surface area contributed by atoms with Crippen LogP contribution >= 0.6 is 0 Å². The number of hydrogen-bond donors (Lipinski definition) is 1. The minimum Gasteiger partial charge on any atom is -0.481 e. The topological polar surface area (TPSA) is 37.3 Å². The minimum atomic E-state index is -0.782. The number of aliphatic carboxylic acids is 1. The predicted octanol–water partition coefficient (Wildman–Crippen LogP) is 4.49. The molecule has 4 heteroatoms. The van der Waals surface area contributed by atoms with Crippen molar-refractivity contribution in [1.82, 2.24) is 0 Å². The molecule has 0 unspecified atom stereocenters. The Morgan fingerprint density at radius 2 is 1.85 bits per heavy atom.